The molecule has 1 aliphatic rings. The lowest BCUT2D eigenvalue weighted by atomic mass is 9.98. The third kappa shape index (κ3) is 3.87. The molecule has 1 unspecified atom stereocenters. The summed E-state index contributed by atoms with van der Waals surface area (Å²) in [6, 6.07) is -0.246. The van der Waals surface area contributed by atoms with Gasteiger partial charge in [-0.1, -0.05) is 38.2 Å². The molecule has 2 rings (SSSR count). The zero-order valence-corrected chi connectivity index (χ0v) is 14.7. The molecule has 8 heteroatoms. The quantitative estimate of drug-likeness (QED) is 0.623. The molecule has 0 saturated carbocycles. The lowest BCUT2D eigenvalue weighted by Crippen LogP contribution is -2.54. The van der Waals surface area contributed by atoms with E-state index >= 15 is 0 Å². The fraction of sp³-hybridized carbons (Fsp3) is 0.600. The number of hydrogen-bond donors (Lipinski definition) is 0. The Balaban J connectivity index is 2.28. The molecule has 0 aliphatic carbocycles. The minimum absolute atomic E-state index is 0.109. The highest BCUT2D eigenvalue weighted by molar-refractivity contribution is 7.15. The molecule has 0 radical (unpaired) electrons. The van der Waals surface area contributed by atoms with Crippen molar-refractivity contribution in [2.45, 2.75) is 45.3 Å². The van der Waals surface area contributed by atoms with Crippen LogP contribution in [0.25, 0.3) is 0 Å². The van der Waals surface area contributed by atoms with Crippen molar-refractivity contribution in [1.29, 1.82) is 0 Å². The summed E-state index contributed by atoms with van der Waals surface area (Å²) >= 11 is 1.34. The maximum Gasteiger partial charge on any atom is 0.329 e. The van der Waals surface area contributed by atoms with E-state index in [0.717, 1.165) is 5.01 Å². The summed E-state index contributed by atoms with van der Waals surface area (Å²) < 4.78 is 5.42. The topological polar surface area (TPSA) is 75.6 Å². The highest BCUT2D eigenvalue weighted by atomic mass is 32.1. The van der Waals surface area contributed by atoms with Crippen LogP contribution < -0.4 is 4.90 Å². The van der Waals surface area contributed by atoms with Crippen molar-refractivity contribution in [2.75, 3.05) is 18.5 Å². The Labute approximate surface area is 139 Å². The maximum absolute atomic E-state index is 12.5. The van der Waals surface area contributed by atoms with Gasteiger partial charge in [-0.15, -0.1) is 16.8 Å². The van der Waals surface area contributed by atoms with Crippen LogP contribution in [0.4, 0.5) is 9.93 Å². The monoisotopic (exact) mass is 338 g/mol. The summed E-state index contributed by atoms with van der Waals surface area (Å²) in [4.78, 5) is 27.3. The molecule has 2 heterocycles. The van der Waals surface area contributed by atoms with E-state index < -0.39 is 12.2 Å². The molecule has 1 atom stereocenters. The van der Waals surface area contributed by atoms with Gasteiger partial charge in [0.05, 0.1) is 6.42 Å². The van der Waals surface area contributed by atoms with Crippen LogP contribution in [-0.4, -0.2) is 46.9 Å². The van der Waals surface area contributed by atoms with Crippen LogP contribution in [0.5, 0.6) is 0 Å². The number of carbonyl (C=O) groups excluding carboxylic acids is 2. The summed E-state index contributed by atoms with van der Waals surface area (Å²) in [5, 5.41) is 9.57. The van der Waals surface area contributed by atoms with E-state index in [1.54, 1.807) is 11.9 Å². The predicted octanol–water partition coefficient (Wildman–Crippen LogP) is 2.54. The molecule has 1 aromatic rings. The molecule has 1 fully saturated rings. The van der Waals surface area contributed by atoms with Gasteiger partial charge in [0.1, 0.15) is 5.01 Å². The first kappa shape index (κ1) is 17.4. The van der Waals surface area contributed by atoms with E-state index in [1.165, 1.54) is 22.3 Å². The average molecular weight is 338 g/mol. The molecule has 0 N–H and O–H groups in total. The number of amides is 2. The zero-order chi connectivity index (χ0) is 17.2. The number of esters is 1. The van der Waals surface area contributed by atoms with E-state index in [1.807, 2.05) is 20.8 Å². The van der Waals surface area contributed by atoms with Gasteiger partial charge in [0, 0.05) is 25.4 Å². The molecule has 2 amide bonds. The van der Waals surface area contributed by atoms with Gasteiger partial charge in [0.15, 0.2) is 6.23 Å². The Kier molecular flexibility index (Phi) is 5.03. The molecular formula is C15H22N4O3S. The molecule has 126 valence electrons. The molecule has 0 bridgehead atoms. The van der Waals surface area contributed by atoms with E-state index in [2.05, 4.69) is 16.8 Å². The Morgan fingerprint density at radius 2 is 2.17 bits per heavy atom. The Bertz CT molecular complexity index is 608. The van der Waals surface area contributed by atoms with Gasteiger partial charge in [0.2, 0.25) is 5.13 Å². The van der Waals surface area contributed by atoms with Gasteiger partial charge in [-0.05, 0) is 0 Å². The first-order valence-electron chi connectivity index (χ1n) is 7.42. The zero-order valence-electron chi connectivity index (χ0n) is 13.9. The number of nitrogens with zero attached hydrogens (tertiary/aromatic N) is 4. The first-order valence-corrected chi connectivity index (χ1v) is 8.24. The number of carbonyl (C=O) groups is 2. The van der Waals surface area contributed by atoms with Crippen molar-refractivity contribution in [3.05, 3.63) is 17.7 Å². The van der Waals surface area contributed by atoms with Crippen LogP contribution in [0.1, 0.15) is 38.6 Å². The second-order valence-electron chi connectivity index (χ2n) is 6.44. The van der Waals surface area contributed by atoms with Crippen LogP contribution in [0, 0.1) is 0 Å². The van der Waals surface area contributed by atoms with Gasteiger partial charge in [-0.3, -0.25) is 4.79 Å². The number of urea groups is 1. The number of anilines is 1. The SMILES string of the molecule is C=CCC(=O)OC1CCN(C)C(=O)N1c1nnc(C(C)(C)C)s1. The van der Waals surface area contributed by atoms with Gasteiger partial charge in [-0.2, -0.15) is 0 Å². The van der Waals surface area contributed by atoms with Gasteiger partial charge < -0.3 is 9.64 Å². The highest BCUT2D eigenvalue weighted by Gasteiger charge is 2.37. The van der Waals surface area contributed by atoms with Gasteiger partial charge >= 0.3 is 12.0 Å². The summed E-state index contributed by atoms with van der Waals surface area (Å²) in [6.45, 7) is 10.1. The second-order valence-corrected chi connectivity index (χ2v) is 7.40. The van der Waals surface area contributed by atoms with Crippen molar-refractivity contribution in [3.8, 4) is 0 Å². The van der Waals surface area contributed by atoms with Crippen molar-refractivity contribution < 1.29 is 14.3 Å². The van der Waals surface area contributed by atoms with Crippen molar-refractivity contribution >= 4 is 28.5 Å². The van der Waals surface area contributed by atoms with E-state index in [4.69, 9.17) is 4.74 Å². The van der Waals surface area contributed by atoms with Crippen molar-refractivity contribution in [3.63, 3.8) is 0 Å². The summed E-state index contributed by atoms with van der Waals surface area (Å²) in [7, 11) is 1.71. The molecular weight excluding hydrogens is 316 g/mol. The lowest BCUT2D eigenvalue weighted by molar-refractivity contribution is -0.148. The normalized spacial score (nSPS) is 19.0. The van der Waals surface area contributed by atoms with Crippen LogP contribution in [0.3, 0.4) is 0 Å². The third-order valence-electron chi connectivity index (χ3n) is 3.37. The summed E-state index contributed by atoms with van der Waals surface area (Å²) in [5.41, 5.74) is -0.157. The molecule has 1 aromatic heterocycles. The minimum atomic E-state index is -0.660. The Morgan fingerprint density at radius 1 is 1.48 bits per heavy atom. The third-order valence-corrected chi connectivity index (χ3v) is 4.72. The number of rotatable bonds is 4. The van der Waals surface area contributed by atoms with Crippen LogP contribution in [0.2, 0.25) is 0 Å². The summed E-state index contributed by atoms with van der Waals surface area (Å²) in [6.07, 6.45) is 1.45. The van der Waals surface area contributed by atoms with Gasteiger partial charge in [0.25, 0.3) is 0 Å². The average Bonchev–Trinajstić information content (AvgIpc) is 2.93. The standard InChI is InChI=1S/C15H22N4O3S/c1-6-7-11(20)22-10-8-9-18(5)14(21)19(10)13-17-16-12(23-13)15(2,3)4/h6,10H,1,7-9H2,2-5H3. The molecule has 1 aliphatic heterocycles. The summed E-state index contributed by atoms with van der Waals surface area (Å²) in [5.74, 6) is -0.409. The van der Waals surface area contributed by atoms with E-state index in [0.29, 0.717) is 18.1 Å². The maximum atomic E-state index is 12.5. The fourth-order valence-corrected chi connectivity index (χ4v) is 3.02. The van der Waals surface area contributed by atoms with Crippen molar-refractivity contribution in [1.82, 2.24) is 15.1 Å². The van der Waals surface area contributed by atoms with E-state index in [9.17, 15) is 9.59 Å². The van der Waals surface area contributed by atoms with Crippen molar-refractivity contribution in [2.24, 2.45) is 0 Å². The molecule has 1 saturated heterocycles. The van der Waals surface area contributed by atoms with E-state index in [-0.39, 0.29) is 17.9 Å². The minimum Gasteiger partial charge on any atom is -0.441 e. The number of aromatic nitrogens is 2. The Morgan fingerprint density at radius 3 is 2.74 bits per heavy atom. The number of hydrogen-bond acceptors (Lipinski definition) is 6. The molecule has 0 aromatic carbocycles. The van der Waals surface area contributed by atoms with Crippen LogP contribution >= 0.6 is 11.3 Å². The fourth-order valence-electron chi connectivity index (χ4n) is 2.09. The Hall–Kier alpha value is -1.96. The van der Waals surface area contributed by atoms with Gasteiger partial charge in [-0.25, -0.2) is 9.69 Å². The molecule has 0 spiro atoms. The first-order chi connectivity index (χ1) is 10.7. The highest BCUT2D eigenvalue weighted by Crippen LogP contribution is 2.33. The lowest BCUT2D eigenvalue weighted by Gasteiger charge is -2.37. The van der Waals surface area contributed by atoms with Crippen LogP contribution in [0.15, 0.2) is 12.7 Å². The predicted molar refractivity (Wildman–Crippen MR) is 88.4 cm³/mol. The molecule has 23 heavy (non-hydrogen) atoms. The molecule has 7 nitrogen and oxygen atoms in total. The number of ether oxygens (including phenoxy) is 1. The second kappa shape index (κ2) is 6.66. The van der Waals surface area contributed by atoms with Crippen LogP contribution in [-0.2, 0) is 14.9 Å². The smallest absolute Gasteiger partial charge is 0.329 e. The largest absolute Gasteiger partial charge is 0.441 e.